The van der Waals surface area contributed by atoms with Gasteiger partial charge in [-0.25, -0.2) is 9.98 Å². The molecule has 0 radical (unpaired) electrons. The second-order valence-corrected chi connectivity index (χ2v) is 8.83. The summed E-state index contributed by atoms with van der Waals surface area (Å²) in [4.78, 5) is 8.02. The average Bonchev–Trinajstić information content (AvgIpc) is 2.91. The minimum atomic E-state index is -1.86. The molecule has 0 fully saturated rings. The number of alkyl halides is 6. The first-order valence-corrected chi connectivity index (χ1v) is 8.26. The van der Waals surface area contributed by atoms with E-state index in [1.165, 1.54) is 13.4 Å². The Morgan fingerprint density at radius 2 is 1.87 bits per heavy atom. The lowest BCUT2D eigenvalue weighted by molar-refractivity contribution is 0.405. The van der Waals surface area contributed by atoms with Crippen LogP contribution >= 0.6 is 69.6 Å². The number of ether oxygens (including phenoxy) is 1. The van der Waals surface area contributed by atoms with E-state index in [4.69, 9.17) is 78.8 Å². The van der Waals surface area contributed by atoms with Crippen LogP contribution in [0.3, 0.4) is 0 Å². The molecular formula is C12H9Cl6N3O2. The van der Waals surface area contributed by atoms with Crippen molar-refractivity contribution in [3.05, 3.63) is 30.0 Å². The minimum Gasteiger partial charge on any atom is -0.493 e. The normalized spacial score (nSPS) is 17.6. The number of hydrogen-bond donors (Lipinski definition) is 1. The van der Waals surface area contributed by atoms with Crippen LogP contribution in [0.25, 0.3) is 0 Å². The molecule has 1 N–H and O–H groups in total. The summed E-state index contributed by atoms with van der Waals surface area (Å²) >= 11 is 34.9. The molecule has 23 heavy (non-hydrogen) atoms. The highest BCUT2D eigenvalue weighted by Crippen LogP contribution is 2.34. The van der Waals surface area contributed by atoms with Gasteiger partial charge < -0.3 is 14.5 Å². The third kappa shape index (κ3) is 5.34. The van der Waals surface area contributed by atoms with Crippen molar-refractivity contribution in [3.8, 4) is 5.75 Å². The zero-order chi connectivity index (χ0) is 17.3. The summed E-state index contributed by atoms with van der Waals surface area (Å²) in [6, 6.07) is 1.73. The molecule has 1 aromatic heterocycles. The maximum atomic E-state index is 5.82. The number of halogens is 6. The fourth-order valence-corrected chi connectivity index (χ4v) is 2.07. The quantitative estimate of drug-likeness (QED) is 0.687. The molecule has 126 valence electrons. The lowest BCUT2D eigenvalue weighted by Crippen LogP contribution is -2.39. The van der Waals surface area contributed by atoms with Gasteiger partial charge in [-0.1, -0.05) is 69.6 Å². The maximum absolute atomic E-state index is 5.82. The number of hydrogen-bond acceptors (Lipinski definition) is 5. The predicted molar refractivity (Wildman–Crippen MR) is 95.6 cm³/mol. The number of methoxy groups -OCH3 is 1. The van der Waals surface area contributed by atoms with E-state index in [-0.39, 0.29) is 11.7 Å². The summed E-state index contributed by atoms with van der Waals surface area (Å²) in [6.45, 7) is 0. The summed E-state index contributed by atoms with van der Waals surface area (Å²) < 4.78 is 6.64. The van der Waals surface area contributed by atoms with Gasteiger partial charge in [-0.3, -0.25) is 0 Å². The van der Waals surface area contributed by atoms with E-state index in [0.29, 0.717) is 23.8 Å². The largest absolute Gasteiger partial charge is 0.493 e. The van der Waals surface area contributed by atoms with Crippen molar-refractivity contribution in [1.29, 1.82) is 0 Å². The summed E-state index contributed by atoms with van der Waals surface area (Å²) in [5, 5.41) is 2.77. The van der Waals surface area contributed by atoms with Crippen molar-refractivity contribution in [2.75, 3.05) is 7.11 Å². The van der Waals surface area contributed by atoms with Crippen LogP contribution < -0.4 is 10.1 Å². The molecule has 1 aromatic rings. The Balaban J connectivity index is 2.26. The van der Waals surface area contributed by atoms with Crippen LogP contribution in [0.1, 0.15) is 5.76 Å². The van der Waals surface area contributed by atoms with Gasteiger partial charge in [-0.05, 0) is 6.08 Å². The number of amidine groups is 2. The first-order valence-electron chi connectivity index (χ1n) is 6.00. The molecule has 1 aliphatic heterocycles. The number of allylic oxidation sites excluding steroid dienone is 1. The number of nitrogens with zero attached hydrogens (tertiary/aromatic N) is 2. The SMILES string of the molecule is COc1coc(C/C=C2/N=C(C(Cl)(Cl)Cl)N=C(C(Cl)(Cl)Cl)N2)c1. The molecule has 1 aliphatic rings. The Morgan fingerprint density at radius 3 is 2.39 bits per heavy atom. The van der Waals surface area contributed by atoms with Gasteiger partial charge in [0.25, 0.3) is 0 Å². The zero-order valence-corrected chi connectivity index (χ0v) is 16.0. The van der Waals surface area contributed by atoms with Gasteiger partial charge >= 0.3 is 0 Å². The lowest BCUT2D eigenvalue weighted by atomic mass is 10.3. The fourth-order valence-electron chi connectivity index (χ4n) is 1.55. The van der Waals surface area contributed by atoms with Crippen LogP contribution in [0.4, 0.5) is 0 Å². The highest BCUT2D eigenvalue weighted by molar-refractivity contribution is 6.79. The van der Waals surface area contributed by atoms with Gasteiger partial charge in [-0.15, -0.1) is 0 Å². The van der Waals surface area contributed by atoms with E-state index in [0.717, 1.165) is 0 Å². The van der Waals surface area contributed by atoms with Crippen molar-refractivity contribution in [2.24, 2.45) is 9.98 Å². The first-order chi connectivity index (χ1) is 10.6. The number of rotatable bonds is 3. The van der Waals surface area contributed by atoms with Gasteiger partial charge in [0.2, 0.25) is 7.59 Å². The molecule has 0 spiro atoms. The standard InChI is InChI=1S/C12H9Cl6N3O2/c1-22-7-4-6(23-5-7)2-3-8-19-9(11(13,14)15)21-10(20-8)12(16,17)18/h3-5H,2H2,1H3,(H,19,20,21). The smallest absolute Gasteiger partial charge is 0.250 e. The summed E-state index contributed by atoms with van der Waals surface area (Å²) in [5.41, 5.74) is 0. The minimum absolute atomic E-state index is 0.0258. The molecule has 0 aliphatic carbocycles. The van der Waals surface area contributed by atoms with Gasteiger partial charge in [0.15, 0.2) is 17.4 Å². The average molecular weight is 440 g/mol. The third-order valence-electron chi connectivity index (χ3n) is 2.57. The predicted octanol–water partition coefficient (Wildman–Crippen LogP) is 4.81. The number of nitrogens with one attached hydrogen (secondary N) is 1. The Bertz CT molecular complexity index is 669. The Kier molecular flexibility index (Phi) is 6.04. The van der Waals surface area contributed by atoms with Gasteiger partial charge in [0.1, 0.15) is 17.8 Å². The third-order valence-corrected chi connectivity index (χ3v) is 3.62. The monoisotopic (exact) mass is 437 g/mol. The molecular weight excluding hydrogens is 431 g/mol. The summed E-state index contributed by atoms with van der Waals surface area (Å²) in [6.07, 6.45) is 3.53. The number of furan rings is 1. The van der Waals surface area contributed by atoms with E-state index in [9.17, 15) is 0 Å². The van der Waals surface area contributed by atoms with Crippen LogP contribution in [0.2, 0.25) is 0 Å². The topological polar surface area (TPSA) is 59.1 Å². The van der Waals surface area contributed by atoms with Gasteiger partial charge in [0.05, 0.1) is 7.11 Å². The summed E-state index contributed by atoms with van der Waals surface area (Å²) in [5.74, 6) is 1.40. The molecule has 0 saturated carbocycles. The van der Waals surface area contributed by atoms with E-state index in [1.807, 2.05) is 0 Å². The molecule has 0 bridgehead atoms. The van der Waals surface area contributed by atoms with Crippen LogP contribution in [0, 0.1) is 0 Å². The van der Waals surface area contributed by atoms with Gasteiger partial charge in [-0.2, -0.15) is 0 Å². The lowest BCUT2D eigenvalue weighted by Gasteiger charge is -2.23. The van der Waals surface area contributed by atoms with Gasteiger partial charge in [0, 0.05) is 12.5 Å². The number of aliphatic imine (C=N–C) groups is 2. The van der Waals surface area contributed by atoms with E-state index >= 15 is 0 Å². The molecule has 0 unspecified atom stereocenters. The molecule has 11 heteroatoms. The van der Waals surface area contributed by atoms with Crippen molar-refractivity contribution in [3.63, 3.8) is 0 Å². The zero-order valence-electron chi connectivity index (χ0n) is 11.4. The Labute approximate surface area is 162 Å². The second-order valence-electron chi connectivity index (χ2n) is 4.26. The fraction of sp³-hybridized carbons (Fsp3) is 0.333. The maximum Gasteiger partial charge on any atom is 0.250 e. The second kappa shape index (κ2) is 7.30. The molecule has 0 atom stereocenters. The molecule has 0 saturated heterocycles. The van der Waals surface area contributed by atoms with E-state index in [2.05, 4.69) is 15.3 Å². The Morgan fingerprint density at radius 1 is 1.17 bits per heavy atom. The van der Waals surface area contributed by atoms with Crippen molar-refractivity contribution < 1.29 is 9.15 Å². The molecule has 2 heterocycles. The van der Waals surface area contributed by atoms with Crippen LogP contribution in [0.5, 0.6) is 5.75 Å². The van der Waals surface area contributed by atoms with Crippen molar-refractivity contribution in [1.82, 2.24) is 5.32 Å². The van der Waals surface area contributed by atoms with E-state index < -0.39 is 7.59 Å². The Hall–Kier alpha value is -0.300. The first kappa shape index (κ1) is 19.0. The van der Waals surface area contributed by atoms with Crippen LogP contribution in [0.15, 0.2) is 38.6 Å². The van der Waals surface area contributed by atoms with E-state index in [1.54, 1.807) is 12.1 Å². The molecule has 0 amide bonds. The van der Waals surface area contributed by atoms with Crippen LogP contribution in [-0.4, -0.2) is 26.4 Å². The highest BCUT2D eigenvalue weighted by Gasteiger charge is 2.36. The van der Waals surface area contributed by atoms with Crippen LogP contribution in [-0.2, 0) is 6.42 Å². The van der Waals surface area contributed by atoms with Crippen molar-refractivity contribution >= 4 is 81.3 Å². The molecule has 5 nitrogen and oxygen atoms in total. The molecule has 2 rings (SSSR count). The van der Waals surface area contributed by atoms with Crippen molar-refractivity contribution in [2.45, 2.75) is 14.0 Å². The summed E-state index contributed by atoms with van der Waals surface area (Å²) in [7, 11) is 1.54. The highest BCUT2D eigenvalue weighted by atomic mass is 35.6. The molecule has 0 aromatic carbocycles.